The molecule has 0 aromatic heterocycles. The summed E-state index contributed by atoms with van der Waals surface area (Å²) in [5.41, 5.74) is 3.48. The Morgan fingerprint density at radius 1 is 0.781 bits per heavy atom. The van der Waals surface area contributed by atoms with Crippen LogP contribution in [-0.2, 0) is 0 Å². The predicted molar refractivity (Wildman–Crippen MR) is 121 cm³/mol. The first-order valence-electron chi connectivity index (χ1n) is 10.2. The van der Waals surface area contributed by atoms with Gasteiger partial charge in [-0.25, -0.2) is 5.43 Å². The maximum Gasteiger partial charge on any atom is 0.271 e. The van der Waals surface area contributed by atoms with Crippen molar-refractivity contribution in [3.8, 4) is 34.5 Å². The van der Waals surface area contributed by atoms with Gasteiger partial charge in [0.05, 0.1) is 47.4 Å². The molecule has 174 valence electrons. The van der Waals surface area contributed by atoms with Crippen molar-refractivity contribution in [2.24, 2.45) is 5.10 Å². The lowest BCUT2D eigenvalue weighted by Crippen LogP contribution is -2.18. The minimum absolute atomic E-state index is 0.322. The number of ether oxygens (including phenoxy) is 6. The van der Waals surface area contributed by atoms with Gasteiger partial charge in [0.2, 0.25) is 11.5 Å². The number of hydrazone groups is 1. The quantitative estimate of drug-likeness (QED) is 0.392. The molecular formula is C23H30N2O7. The van der Waals surface area contributed by atoms with Crippen molar-refractivity contribution in [2.45, 2.75) is 20.8 Å². The molecule has 0 saturated carbocycles. The summed E-state index contributed by atoms with van der Waals surface area (Å²) in [6, 6.07) is 6.63. The Balaban J connectivity index is 2.28. The summed E-state index contributed by atoms with van der Waals surface area (Å²) in [5.74, 6) is 2.32. The lowest BCUT2D eigenvalue weighted by atomic mass is 10.1. The van der Waals surface area contributed by atoms with Crippen LogP contribution in [-0.4, -0.2) is 53.3 Å². The van der Waals surface area contributed by atoms with E-state index in [2.05, 4.69) is 10.5 Å². The van der Waals surface area contributed by atoms with Crippen molar-refractivity contribution >= 4 is 12.1 Å². The van der Waals surface area contributed by atoms with Gasteiger partial charge < -0.3 is 28.4 Å². The maximum atomic E-state index is 12.7. The number of hydrogen-bond donors (Lipinski definition) is 1. The molecule has 1 N–H and O–H groups in total. The van der Waals surface area contributed by atoms with E-state index in [4.69, 9.17) is 28.4 Å². The van der Waals surface area contributed by atoms with Crippen molar-refractivity contribution in [1.82, 2.24) is 5.43 Å². The van der Waals surface area contributed by atoms with E-state index >= 15 is 0 Å². The fourth-order valence-electron chi connectivity index (χ4n) is 2.93. The predicted octanol–water partition coefficient (Wildman–Crippen LogP) is 3.67. The van der Waals surface area contributed by atoms with Gasteiger partial charge in [-0.15, -0.1) is 0 Å². The molecule has 0 atom stereocenters. The highest BCUT2D eigenvalue weighted by Crippen LogP contribution is 2.39. The second-order valence-corrected chi connectivity index (χ2v) is 6.26. The van der Waals surface area contributed by atoms with Gasteiger partial charge in [0.25, 0.3) is 5.91 Å². The molecular weight excluding hydrogens is 416 g/mol. The third kappa shape index (κ3) is 5.96. The normalized spacial score (nSPS) is 10.6. The summed E-state index contributed by atoms with van der Waals surface area (Å²) in [6.07, 6.45) is 1.48. The van der Waals surface area contributed by atoms with Gasteiger partial charge in [-0.2, -0.15) is 5.10 Å². The van der Waals surface area contributed by atoms with E-state index in [0.717, 1.165) is 0 Å². The first kappa shape index (κ1) is 24.6. The number of nitrogens with zero attached hydrogens (tertiary/aromatic N) is 1. The molecule has 0 spiro atoms. The van der Waals surface area contributed by atoms with Crippen molar-refractivity contribution in [3.05, 3.63) is 35.4 Å². The molecule has 32 heavy (non-hydrogen) atoms. The summed E-state index contributed by atoms with van der Waals surface area (Å²) < 4.78 is 32.9. The molecule has 9 heteroatoms. The fraction of sp³-hybridized carbons (Fsp3) is 0.391. The number of carbonyl (C=O) groups excluding carboxylic acids is 1. The second kappa shape index (κ2) is 12.3. The molecule has 0 radical (unpaired) electrons. The number of nitrogens with one attached hydrogen (secondary N) is 1. The summed E-state index contributed by atoms with van der Waals surface area (Å²) >= 11 is 0. The van der Waals surface area contributed by atoms with Gasteiger partial charge in [-0.1, -0.05) is 0 Å². The summed E-state index contributed by atoms with van der Waals surface area (Å²) in [4.78, 5) is 12.7. The highest BCUT2D eigenvalue weighted by Gasteiger charge is 2.18. The Labute approximate surface area is 188 Å². The van der Waals surface area contributed by atoms with E-state index in [9.17, 15) is 4.79 Å². The zero-order valence-corrected chi connectivity index (χ0v) is 19.3. The Bertz CT molecular complexity index is 892. The topological polar surface area (TPSA) is 96.8 Å². The molecule has 2 aromatic rings. The molecule has 9 nitrogen and oxygen atoms in total. The van der Waals surface area contributed by atoms with Gasteiger partial charge in [0, 0.05) is 11.1 Å². The van der Waals surface area contributed by atoms with Crippen molar-refractivity contribution in [2.75, 3.05) is 41.2 Å². The van der Waals surface area contributed by atoms with Gasteiger partial charge in [-0.05, 0) is 45.0 Å². The summed E-state index contributed by atoms with van der Waals surface area (Å²) in [5, 5.41) is 4.04. The van der Waals surface area contributed by atoms with Crippen LogP contribution < -0.4 is 33.8 Å². The molecule has 0 aliphatic carbocycles. The fourth-order valence-corrected chi connectivity index (χ4v) is 2.93. The molecule has 0 fully saturated rings. The Morgan fingerprint density at radius 2 is 1.31 bits per heavy atom. The average Bonchev–Trinajstić information content (AvgIpc) is 2.80. The van der Waals surface area contributed by atoms with Gasteiger partial charge in [0.1, 0.15) is 0 Å². The maximum absolute atomic E-state index is 12.7. The smallest absolute Gasteiger partial charge is 0.271 e. The van der Waals surface area contributed by atoms with Crippen LogP contribution in [0.5, 0.6) is 34.5 Å². The van der Waals surface area contributed by atoms with Crippen LogP contribution in [0.1, 0.15) is 36.7 Å². The zero-order chi connectivity index (χ0) is 23.5. The minimum Gasteiger partial charge on any atom is -0.493 e. The molecule has 0 saturated heterocycles. The molecule has 0 aliphatic heterocycles. The second-order valence-electron chi connectivity index (χ2n) is 6.26. The lowest BCUT2D eigenvalue weighted by molar-refractivity contribution is 0.0954. The van der Waals surface area contributed by atoms with Crippen LogP contribution >= 0.6 is 0 Å². The van der Waals surface area contributed by atoms with E-state index < -0.39 is 5.91 Å². The van der Waals surface area contributed by atoms with Crippen molar-refractivity contribution in [3.63, 3.8) is 0 Å². The number of carbonyl (C=O) groups is 1. The third-order valence-corrected chi connectivity index (χ3v) is 4.24. The SMILES string of the molecule is CCOc1cc(C(=O)N/N=C/c2cc(OC)c(OC)c(OC)c2)cc(OCC)c1OCC. The molecule has 0 heterocycles. The van der Waals surface area contributed by atoms with Crippen LogP contribution in [0.3, 0.4) is 0 Å². The van der Waals surface area contributed by atoms with E-state index in [-0.39, 0.29) is 0 Å². The van der Waals surface area contributed by atoms with E-state index in [1.807, 2.05) is 20.8 Å². The Kier molecular flexibility index (Phi) is 9.46. The highest BCUT2D eigenvalue weighted by atomic mass is 16.5. The van der Waals surface area contributed by atoms with E-state index in [1.165, 1.54) is 27.5 Å². The average molecular weight is 447 g/mol. The monoisotopic (exact) mass is 446 g/mol. The minimum atomic E-state index is -0.432. The molecule has 1 amide bonds. The van der Waals surface area contributed by atoms with Crippen LogP contribution in [0.4, 0.5) is 0 Å². The number of methoxy groups -OCH3 is 3. The molecule has 0 aliphatic rings. The first-order valence-corrected chi connectivity index (χ1v) is 10.2. The van der Waals surface area contributed by atoms with Crippen LogP contribution in [0, 0.1) is 0 Å². The summed E-state index contributed by atoms with van der Waals surface area (Å²) in [6.45, 7) is 6.83. The molecule has 0 bridgehead atoms. The first-order chi connectivity index (χ1) is 15.5. The van der Waals surface area contributed by atoms with Crippen LogP contribution in [0.25, 0.3) is 0 Å². The molecule has 2 aromatic carbocycles. The third-order valence-electron chi connectivity index (χ3n) is 4.24. The summed E-state index contributed by atoms with van der Waals surface area (Å²) in [7, 11) is 4.58. The van der Waals surface area contributed by atoms with Crippen molar-refractivity contribution in [1.29, 1.82) is 0 Å². The molecule has 2 rings (SSSR count). The number of rotatable bonds is 12. The highest BCUT2D eigenvalue weighted by molar-refractivity contribution is 5.96. The lowest BCUT2D eigenvalue weighted by Gasteiger charge is -2.16. The van der Waals surface area contributed by atoms with Gasteiger partial charge in [-0.3, -0.25) is 4.79 Å². The van der Waals surface area contributed by atoms with E-state index in [1.54, 1.807) is 24.3 Å². The van der Waals surface area contributed by atoms with E-state index in [0.29, 0.717) is 65.4 Å². The number of amides is 1. The van der Waals surface area contributed by atoms with Gasteiger partial charge >= 0.3 is 0 Å². The number of benzene rings is 2. The Hall–Kier alpha value is -3.62. The van der Waals surface area contributed by atoms with Crippen molar-refractivity contribution < 1.29 is 33.2 Å². The zero-order valence-electron chi connectivity index (χ0n) is 19.3. The Morgan fingerprint density at radius 3 is 1.75 bits per heavy atom. The van der Waals surface area contributed by atoms with Crippen LogP contribution in [0.15, 0.2) is 29.4 Å². The van der Waals surface area contributed by atoms with Gasteiger partial charge in [0.15, 0.2) is 23.0 Å². The largest absolute Gasteiger partial charge is 0.493 e. The standard InChI is InChI=1S/C23H30N2O7/c1-7-30-19-12-16(13-20(31-8-2)22(19)32-9-3)23(26)25-24-14-15-10-17(27-4)21(29-6)18(11-15)28-5/h10-14H,7-9H2,1-6H3,(H,25,26)/b24-14+. The molecule has 0 unspecified atom stereocenters. The number of hydrogen-bond acceptors (Lipinski definition) is 8. The van der Waals surface area contributed by atoms with Crippen LogP contribution in [0.2, 0.25) is 0 Å².